The Hall–Kier alpha value is -3.26. The molecule has 32 heavy (non-hydrogen) atoms. The molecule has 0 spiro atoms. The van der Waals surface area contributed by atoms with Gasteiger partial charge in [0.1, 0.15) is 17.7 Å². The number of hydrogen-bond donors (Lipinski definition) is 2. The number of hydrogen-bond acceptors (Lipinski definition) is 3. The molecule has 168 valence electrons. The normalized spacial score (nSPS) is 18.9. The van der Waals surface area contributed by atoms with E-state index in [0.717, 1.165) is 28.7 Å². The fourth-order valence-electron chi connectivity index (χ4n) is 4.31. The van der Waals surface area contributed by atoms with Crippen molar-refractivity contribution in [3.63, 3.8) is 0 Å². The van der Waals surface area contributed by atoms with Crippen LogP contribution < -0.4 is 0 Å². The molecule has 0 radical (unpaired) electrons. The molecule has 0 unspecified atom stereocenters. The Morgan fingerprint density at radius 3 is 2.47 bits per heavy atom. The van der Waals surface area contributed by atoms with Gasteiger partial charge < -0.3 is 15.1 Å². The summed E-state index contributed by atoms with van der Waals surface area (Å²) in [6.45, 7) is -0.553. The van der Waals surface area contributed by atoms with Crippen LogP contribution in [0.3, 0.4) is 0 Å². The smallest absolute Gasteiger partial charge is 0.408 e. The highest BCUT2D eigenvalue weighted by atomic mass is 19.1. The van der Waals surface area contributed by atoms with Crippen molar-refractivity contribution < 1.29 is 28.6 Å². The maximum atomic E-state index is 14.5. The van der Waals surface area contributed by atoms with E-state index in [-0.39, 0.29) is 24.6 Å². The number of carboxylic acid groups (broad SMARTS) is 1. The van der Waals surface area contributed by atoms with E-state index in [2.05, 4.69) is 0 Å². The molecule has 2 aliphatic rings. The van der Waals surface area contributed by atoms with Crippen LogP contribution in [0.2, 0.25) is 0 Å². The third-order valence-electron chi connectivity index (χ3n) is 5.98. The number of aliphatic hydroxyl groups is 1. The van der Waals surface area contributed by atoms with Gasteiger partial charge in [-0.1, -0.05) is 36.4 Å². The van der Waals surface area contributed by atoms with E-state index in [9.17, 15) is 28.6 Å². The van der Waals surface area contributed by atoms with Crippen molar-refractivity contribution in [3.8, 4) is 0 Å². The maximum Gasteiger partial charge on any atom is 0.408 e. The molecule has 4 rings (SSSR count). The van der Waals surface area contributed by atoms with Crippen LogP contribution in [0.4, 0.5) is 13.6 Å². The zero-order valence-electron chi connectivity index (χ0n) is 17.3. The average molecular weight is 442 g/mol. The quantitative estimate of drug-likeness (QED) is 0.686. The number of amides is 2. The highest BCUT2D eigenvalue weighted by Gasteiger charge is 2.46. The van der Waals surface area contributed by atoms with Crippen molar-refractivity contribution >= 4 is 17.6 Å². The lowest BCUT2D eigenvalue weighted by Crippen LogP contribution is -2.52. The summed E-state index contributed by atoms with van der Waals surface area (Å²) >= 11 is 0. The first kappa shape index (κ1) is 22.0. The third-order valence-corrected chi connectivity index (χ3v) is 5.98. The Kier molecular flexibility index (Phi) is 6.23. The minimum Gasteiger partial charge on any atom is -0.465 e. The van der Waals surface area contributed by atoms with Gasteiger partial charge in [-0.05, 0) is 48.1 Å². The summed E-state index contributed by atoms with van der Waals surface area (Å²) in [6, 6.07) is 10.8. The second-order valence-corrected chi connectivity index (χ2v) is 8.12. The SMILES string of the molecule is O=C(O)N(CCO)[C@H](C(=O)N1CC(c2cc(F)ccc2F)=C[C@H]1c1ccccc1)C1CC1. The summed E-state index contributed by atoms with van der Waals surface area (Å²) in [6.07, 6.45) is 1.89. The maximum absolute atomic E-state index is 14.5. The van der Waals surface area contributed by atoms with Gasteiger partial charge in [-0.25, -0.2) is 13.6 Å². The van der Waals surface area contributed by atoms with Gasteiger partial charge in [0.2, 0.25) is 5.91 Å². The molecule has 1 heterocycles. The van der Waals surface area contributed by atoms with Crippen molar-refractivity contribution in [2.45, 2.75) is 24.9 Å². The molecule has 1 aliphatic carbocycles. The second kappa shape index (κ2) is 9.08. The molecule has 1 aliphatic heterocycles. The summed E-state index contributed by atoms with van der Waals surface area (Å²) in [5.41, 5.74) is 1.32. The van der Waals surface area contributed by atoms with E-state index in [0.29, 0.717) is 18.4 Å². The van der Waals surface area contributed by atoms with Crippen molar-refractivity contribution in [2.75, 3.05) is 19.7 Å². The minimum absolute atomic E-state index is 0.0224. The van der Waals surface area contributed by atoms with E-state index >= 15 is 0 Å². The van der Waals surface area contributed by atoms with Crippen LogP contribution >= 0.6 is 0 Å². The second-order valence-electron chi connectivity index (χ2n) is 8.12. The molecule has 2 amide bonds. The molecule has 2 aromatic rings. The zero-order valence-corrected chi connectivity index (χ0v) is 17.3. The van der Waals surface area contributed by atoms with Crippen LogP contribution in [0.15, 0.2) is 54.6 Å². The summed E-state index contributed by atoms with van der Waals surface area (Å²) in [7, 11) is 0. The lowest BCUT2D eigenvalue weighted by atomic mass is 10.0. The number of nitrogens with zero attached hydrogens (tertiary/aromatic N) is 2. The molecule has 2 aromatic carbocycles. The standard InChI is InChI=1S/C24H24F2N2O4/c25-18-8-9-20(26)19(13-18)17-12-21(15-4-2-1-3-5-15)28(14-17)23(30)22(16-6-7-16)27(10-11-29)24(31)32/h1-5,8-9,12-13,16,21-22,29H,6-7,10-11,14H2,(H,31,32)/t21-,22-/m0/s1. The first-order valence-corrected chi connectivity index (χ1v) is 10.5. The van der Waals surface area contributed by atoms with Crippen LogP contribution in [-0.2, 0) is 4.79 Å². The summed E-state index contributed by atoms with van der Waals surface area (Å²) in [5.74, 6) is -1.71. The molecular weight excluding hydrogens is 418 g/mol. The van der Waals surface area contributed by atoms with Crippen molar-refractivity contribution in [2.24, 2.45) is 5.92 Å². The highest BCUT2D eigenvalue weighted by Crippen LogP contribution is 2.41. The zero-order chi connectivity index (χ0) is 22.8. The number of aliphatic hydroxyl groups excluding tert-OH is 1. The van der Waals surface area contributed by atoms with Gasteiger partial charge in [-0.3, -0.25) is 9.69 Å². The summed E-state index contributed by atoms with van der Waals surface area (Å²) < 4.78 is 28.3. The summed E-state index contributed by atoms with van der Waals surface area (Å²) in [4.78, 5) is 28.0. The van der Waals surface area contributed by atoms with Crippen LogP contribution in [0.1, 0.15) is 30.0 Å². The highest BCUT2D eigenvalue weighted by molar-refractivity contribution is 5.89. The van der Waals surface area contributed by atoms with E-state index in [1.54, 1.807) is 6.08 Å². The number of carbonyl (C=O) groups excluding carboxylic acids is 1. The molecule has 1 saturated carbocycles. The Balaban J connectivity index is 1.72. The number of carbonyl (C=O) groups is 2. The Labute approximate surface area is 184 Å². The Morgan fingerprint density at radius 2 is 1.84 bits per heavy atom. The molecule has 8 heteroatoms. The Bertz CT molecular complexity index is 1040. The lowest BCUT2D eigenvalue weighted by molar-refractivity contribution is -0.137. The molecule has 0 aromatic heterocycles. The van der Waals surface area contributed by atoms with Gasteiger partial charge in [0.15, 0.2) is 0 Å². The minimum atomic E-state index is -1.27. The van der Waals surface area contributed by atoms with Crippen LogP contribution in [0, 0.1) is 17.6 Å². The van der Waals surface area contributed by atoms with E-state index in [1.807, 2.05) is 30.3 Å². The molecule has 2 N–H and O–H groups in total. The van der Waals surface area contributed by atoms with Gasteiger partial charge in [0, 0.05) is 18.7 Å². The number of benzene rings is 2. The monoisotopic (exact) mass is 442 g/mol. The van der Waals surface area contributed by atoms with Crippen molar-refractivity contribution in [3.05, 3.63) is 77.4 Å². The fraction of sp³-hybridized carbons (Fsp3) is 0.333. The van der Waals surface area contributed by atoms with E-state index in [1.165, 1.54) is 4.90 Å². The van der Waals surface area contributed by atoms with Crippen LogP contribution in [-0.4, -0.2) is 57.8 Å². The predicted molar refractivity (Wildman–Crippen MR) is 114 cm³/mol. The Morgan fingerprint density at radius 1 is 1.12 bits per heavy atom. The third kappa shape index (κ3) is 4.36. The summed E-state index contributed by atoms with van der Waals surface area (Å²) in [5, 5.41) is 19.0. The van der Waals surface area contributed by atoms with Gasteiger partial charge in [-0.15, -0.1) is 0 Å². The predicted octanol–water partition coefficient (Wildman–Crippen LogP) is 3.68. The van der Waals surface area contributed by atoms with Crippen molar-refractivity contribution in [1.82, 2.24) is 9.80 Å². The molecule has 1 fully saturated rings. The lowest BCUT2D eigenvalue weighted by Gasteiger charge is -2.34. The first-order valence-electron chi connectivity index (χ1n) is 10.5. The number of rotatable bonds is 7. The van der Waals surface area contributed by atoms with Crippen molar-refractivity contribution in [1.29, 1.82) is 0 Å². The van der Waals surface area contributed by atoms with Gasteiger partial charge >= 0.3 is 6.09 Å². The molecular formula is C24H24F2N2O4. The van der Waals surface area contributed by atoms with E-state index < -0.39 is 42.3 Å². The fourth-order valence-corrected chi connectivity index (χ4v) is 4.31. The van der Waals surface area contributed by atoms with Gasteiger partial charge in [-0.2, -0.15) is 0 Å². The first-order chi connectivity index (χ1) is 15.4. The van der Waals surface area contributed by atoms with Gasteiger partial charge in [0.05, 0.1) is 12.6 Å². The molecule has 2 atom stereocenters. The van der Waals surface area contributed by atoms with Crippen LogP contribution in [0.5, 0.6) is 0 Å². The van der Waals surface area contributed by atoms with Gasteiger partial charge in [0.25, 0.3) is 0 Å². The van der Waals surface area contributed by atoms with Crippen LogP contribution in [0.25, 0.3) is 5.57 Å². The molecule has 0 saturated heterocycles. The largest absolute Gasteiger partial charge is 0.465 e. The average Bonchev–Trinajstić information content (AvgIpc) is 3.52. The topological polar surface area (TPSA) is 81.1 Å². The molecule has 0 bridgehead atoms. The van der Waals surface area contributed by atoms with E-state index in [4.69, 9.17) is 0 Å². The molecule has 6 nitrogen and oxygen atoms in total. The number of halogens is 2.